The van der Waals surface area contributed by atoms with Crippen molar-refractivity contribution in [3.8, 4) is 0 Å². The number of nitrogens with one attached hydrogen (secondary N) is 1. The zero-order valence-electron chi connectivity index (χ0n) is 14.1. The van der Waals surface area contributed by atoms with Gasteiger partial charge in [-0.15, -0.1) is 0 Å². The third kappa shape index (κ3) is 2.80. The molecular weight excluding hydrogens is 320 g/mol. The fourth-order valence-corrected chi connectivity index (χ4v) is 4.06. The summed E-state index contributed by atoms with van der Waals surface area (Å²) >= 11 is 0. The topological polar surface area (TPSA) is 78.9 Å². The zero-order chi connectivity index (χ0) is 17.6. The molecule has 1 aliphatic carbocycles. The first-order chi connectivity index (χ1) is 12.1. The summed E-state index contributed by atoms with van der Waals surface area (Å²) in [6, 6.07) is 5.73. The molecule has 4 rings (SSSR count). The average Bonchev–Trinajstić information content (AvgIpc) is 3.27. The molecule has 0 aromatic heterocycles. The van der Waals surface area contributed by atoms with E-state index in [1.807, 2.05) is 30.4 Å². The zero-order valence-corrected chi connectivity index (χ0v) is 14.1. The second-order valence-corrected chi connectivity index (χ2v) is 6.96. The average molecular weight is 342 g/mol. The van der Waals surface area contributed by atoms with Crippen LogP contribution in [0.3, 0.4) is 0 Å². The lowest BCUT2D eigenvalue weighted by Crippen LogP contribution is -2.50. The van der Waals surface area contributed by atoms with Crippen LogP contribution < -0.4 is 10.2 Å². The number of rotatable bonds is 6. The van der Waals surface area contributed by atoms with Gasteiger partial charge in [0.05, 0.1) is 24.4 Å². The summed E-state index contributed by atoms with van der Waals surface area (Å²) < 4.78 is 5.58. The number of benzene rings is 1. The normalized spacial score (nSPS) is 28.7. The highest BCUT2D eigenvalue weighted by Gasteiger charge is 2.58. The third-order valence-electron chi connectivity index (χ3n) is 5.22. The number of carboxylic acid groups (broad SMARTS) is 1. The van der Waals surface area contributed by atoms with Gasteiger partial charge in [0.2, 0.25) is 0 Å². The van der Waals surface area contributed by atoms with Gasteiger partial charge in [0.1, 0.15) is 6.04 Å². The fraction of sp³-hybridized carbons (Fsp3) is 0.474. The van der Waals surface area contributed by atoms with Crippen LogP contribution in [0.25, 0.3) is 0 Å². The second-order valence-electron chi connectivity index (χ2n) is 6.96. The lowest BCUT2D eigenvalue weighted by Gasteiger charge is -2.39. The van der Waals surface area contributed by atoms with E-state index in [1.54, 1.807) is 0 Å². The first-order valence-electron chi connectivity index (χ1n) is 8.80. The minimum absolute atomic E-state index is 0.0604. The van der Waals surface area contributed by atoms with E-state index in [9.17, 15) is 9.59 Å². The van der Waals surface area contributed by atoms with Crippen molar-refractivity contribution in [1.82, 2.24) is 0 Å². The molecule has 0 saturated heterocycles. The van der Waals surface area contributed by atoms with Crippen molar-refractivity contribution >= 4 is 23.3 Å². The van der Waals surface area contributed by atoms with Gasteiger partial charge >= 0.3 is 5.97 Å². The smallest absolute Gasteiger partial charge is 0.303 e. The number of anilines is 2. The molecule has 1 amide bonds. The first kappa shape index (κ1) is 16.1. The van der Waals surface area contributed by atoms with Gasteiger partial charge in [-0.25, -0.2) is 0 Å². The molecular formula is C19H22N2O4. The Morgan fingerprint density at radius 1 is 1.36 bits per heavy atom. The van der Waals surface area contributed by atoms with Crippen LogP contribution in [0.1, 0.15) is 25.3 Å². The molecule has 1 fully saturated rings. The first-order valence-corrected chi connectivity index (χ1v) is 8.80. The summed E-state index contributed by atoms with van der Waals surface area (Å²) in [5.41, 5.74) is 2.78. The molecule has 2 N–H and O–H groups in total. The molecule has 6 nitrogen and oxygen atoms in total. The van der Waals surface area contributed by atoms with Crippen LogP contribution in [-0.2, 0) is 20.9 Å². The van der Waals surface area contributed by atoms with Gasteiger partial charge in [0.25, 0.3) is 5.91 Å². The van der Waals surface area contributed by atoms with E-state index in [2.05, 4.69) is 17.1 Å². The summed E-state index contributed by atoms with van der Waals surface area (Å²) in [5, 5.41) is 12.1. The van der Waals surface area contributed by atoms with Crippen LogP contribution in [0, 0.1) is 11.8 Å². The Hall–Kier alpha value is -2.34. The van der Waals surface area contributed by atoms with Gasteiger partial charge in [-0.1, -0.05) is 25.1 Å². The van der Waals surface area contributed by atoms with Crippen LogP contribution >= 0.6 is 0 Å². The van der Waals surface area contributed by atoms with Crippen LogP contribution in [0.15, 0.2) is 30.4 Å². The van der Waals surface area contributed by atoms with Gasteiger partial charge in [-0.05, 0) is 30.0 Å². The van der Waals surface area contributed by atoms with Crippen LogP contribution in [-0.4, -0.2) is 35.7 Å². The van der Waals surface area contributed by atoms with E-state index >= 15 is 0 Å². The number of carboxylic acids is 1. The van der Waals surface area contributed by atoms with Crippen LogP contribution in [0.2, 0.25) is 0 Å². The van der Waals surface area contributed by atoms with Crippen LogP contribution in [0.4, 0.5) is 11.4 Å². The fourth-order valence-electron chi connectivity index (χ4n) is 4.06. The highest BCUT2D eigenvalue weighted by atomic mass is 16.5. The van der Waals surface area contributed by atoms with Crippen molar-refractivity contribution in [3.63, 3.8) is 0 Å². The maximum Gasteiger partial charge on any atom is 0.303 e. The molecule has 6 heteroatoms. The quantitative estimate of drug-likeness (QED) is 0.613. The maximum absolute atomic E-state index is 12.5. The Morgan fingerprint density at radius 3 is 2.96 bits per heavy atom. The predicted octanol–water partition coefficient (Wildman–Crippen LogP) is 2.40. The van der Waals surface area contributed by atoms with E-state index in [0.29, 0.717) is 13.2 Å². The number of fused-ring (bicyclic) bond motifs is 5. The largest absolute Gasteiger partial charge is 0.481 e. The summed E-state index contributed by atoms with van der Waals surface area (Å²) in [7, 11) is 0. The van der Waals surface area contributed by atoms with Crippen molar-refractivity contribution in [2.75, 3.05) is 16.8 Å². The standard InChI is InChI=1S/C19H22N2O4/c1-2-7-25-10-11-3-5-15-14(8-11)20-19(24)16-6-4-12-13(9-17(22)23)18(12)21(15)16/h3-6,8,12-13,16,18H,2,7,9-10H2,1H3,(H,20,24)(H,22,23). The van der Waals surface area contributed by atoms with E-state index < -0.39 is 5.97 Å². The Balaban J connectivity index is 1.60. The Morgan fingerprint density at radius 2 is 2.20 bits per heavy atom. The maximum atomic E-state index is 12.5. The molecule has 0 spiro atoms. The molecule has 1 aromatic rings. The van der Waals surface area contributed by atoms with Crippen molar-refractivity contribution in [1.29, 1.82) is 0 Å². The summed E-state index contributed by atoms with van der Waals surface area (Å²) in [6.07, 6.45) is 5.02. The number of carbonyl (C=O) groups excluding carboxylic acids is 1. The number of amides is 1. The Labute approximate surface area is 146 Å². The molecule has 1 aromatic carbocycles. The van der Waals surface area contributed by atoms with Crippen molar-refractivity contribution in [2.45, 2.75) is 38.5 Å². The van der Waals surface area contributed by atoms with Crippen LogP contribution in [0.5, 0.6) is 0 Å². The highest BCUT2D eigenvalue weighted by molar-refractivity contribution is 6.05. The van der Waals surface area contributed by atoms with Gasteiger partial charge in [0.15, 0.2) is 0 Å². The summed E-state index contributed by atoms with van der Waals surface area (Å²) in [5.74, 6) is -0.548. The lowest BCUT2D eigenvalue weighted by atomic mass is 10.0. The van der Waals surface area contributed by atoms with Gasteiger partial charge in [-0.2, -0.15) is 0 Å². The molecule has 25 heavy (non-hydrogen) atoms. The number of carbonyl (C=O) groups is 2. The third-order valence-corrected chi connectivity index (χ3v) is 5.22. The number of ether oxygens (including phenoxy) is 1. The monoisotopic (exact) mass is 342 g/mol. The van der Waals surface area contributed by atoms with Crippen molar-refractivity contribution in [2.24, 2.45) is 11.8 Å². The SMILES string of the molecule is CCCOCc1ccc2c(c1)NC(=O)C1C=CC3C(CC(=O)O)C3N21. The molecule has 1 saturated carbocycles. The number of hydrogen-bond acceptors (Lipinski definition) is 4. The highest BCUT2D eigenvalue weighted by Crippen LogP contribution is 2.53. The van der Waals surface area contributed by atoms with Gasteiger partial charge in [0, 0.05) is 18.6 Å². The minimum atomic E-state index is -0.783. The minimum Gasteiger partial charge on any atom is -0.481 e. The van der Waals surface area contributed by atoms with Crippen molar-refractivity contribution < 1.29 is 19.4 Å². The lowest BCUT2D eigenvalue weighted by molar-refractivity contribution is -0.137. The molecule has 4 unspecified atom stereocenters. The summed E-state index contributed by atoms with van der Waals surface area (Å²) in [4.78, 5) is 25.7. The van der Waals surface area contributed by atoms with Gasteiger partial charge in [-0.3, -0.25) is 9.59 Å². The van der Waals surface area contributed by atoms with E-state index in [1.165, 1.54) is 0 Å². The van der Waals surface area contributed by atoms with Crippen molar-refractivity contribution in [3.05, 3.63) is 35.9 Å². The number of hydrogen-bond donors (Lipinski definition) is 2. The Bertz CT molecular complexity index is 745. The molecule has 2 aliphatic heterocycles. The second kappa shape index (κ2) is 6.19. The number of aliphatic carboxylic acids is 1. The molecule has 3 aliphatic rings. The van der Waals surface area contributed by atoms with E-state index in [-0.39, 0.29) is 36.2 Å². The summed E-state index contributed by atoms with van der Waals surface area (Å²) in [6.45, 7) is 3.30. The molecule has 0 bridgehead atoms. The molecule has 132 valence electrons. The predicted molar refractivity (Wildman–Crippen MR) is 93.4 cm³/mol. The van der Waals surface area contributed by atoms with E-state index in [0.717, 1.165) is 23.4 Å². The Kier molecular flexibility index (Phi) is 4.00. The van der Waals surface area contributed by atoms with E-state index in [4.69, 9.17) is 9.84 Å². The molecule has 2 heterocycles. The molecule has 4 atom stereocenters. The van der Waals surface area contributed by atoms with Gasteiger partial charge < -0.3 is 20.1 Å². The number of nitrogens with zero attached hydrogens (tertiary/aromatic N) is 1. The molecule has 0 radical (unpaired) electrons.